The fraction of sp³-hybridized carbons (Fsp3) is 0.333. The summed E-state index contributed by atoms with van der Waals surface area (Å²) in [5.41, 5.74) is 2.44. The molecule has 0 radical (unpaired) electrons. The molecule has 3 aromatic rings. The second-order valence-corrected chi connectivity index (χ2v) is 9.72. The molecule has 1 aromatic heterocycles. The van der Waals surface area contributed by atoms with Crippen LogP contribution >= 0.6 is 11.3 Å². The first-order valence-electron chi connectivity index (χ1n) is 11.5. The minimum absolute atomic E-state index is 0.0488. The van der Waals surface area contributed by atoms with Gasteiger partial charge in [-0.3, -0.25) is 9.59 Å². The van der Waals surface area contributed by atoms with Crippen molar-refractivity contribution in [3.63, 3.8) is 0 Å². The van der Waals surface area contributed by atoms with Gasteiger partial charge in [0, 0.05) is 23.0 Å². The van der Waals surface area contributed by atoms with Crippen molar-refractivity contribution in [2.45, 2.75) is 50.2 Å². The van der Waals surface area contributed by atoms with Crippen LogP contribution < -0.4 is 10.1 Å². The fourth-order valence-electron chi connectivity index (χ4n) is 5.26. The molecule has 170 valence electrons. The summed E-state index contributed by atoms with van der Waals surface area (Å²) in [5, 5.41) is 5.18. The van der Waals surface area contributed by atoms with Gasteiger partial charge in [0.1, 0.15) is 5.75 Å². The summed E-state index contributed by atoms with van der Waals surface area (Å²) in [5.74, 6) is 0.301. The lowest BCUT2D eigenvalue weighted by atomic mass is 9.80. The van der Waals surface area contributed by atoms with Gasteiger partial charge in [-0.15, -0.1) is 11.3 Å². The Labute approximate surface area is 198 Å². The van der Waals surface area contributed by atoms with Crippen LogP contribution in [-0.2, 0) is 11.3 Å². The molecule has 1 saturated carbocycles. The van der Waals surface area contributed by atoms with Crippen molar-refractivity contribution in [2.75, 3.05) is 7.11 Å². The molecule has 0 spiro atoms. The summed E-state index contributed by atoms with van der Waals surface area (Å²) < 4.78 is 5.32. The Morgan fingerprint density at radius 1 is 1.09 bits per heavy atom. The van der Waals surface area contributed by atoms with E-state index in [0.29, 0.717) is 12.1 Å². The van der Waals surface area contributed by atoms with Gasteiger partial charge in [-0.2, -0.15) is 0 Å². The molecule has 1 fully saturated rings. The van der Waals surface area contributed by atoms with Crippen LogP contribution in [0.1, 0.15) is 64.0 Å². The summed E-state index contributed by atoms with van der Waals surface area (Å²) in [7, 11) is 1.64. The Morgan fingerprint density at radius 2 is 1.91 bits per heavy atom. The van der Waals surface area contributed by atoms with Crippen LogP contribution in [0.3, 0.4) is 0 Å². The fourth-order valence-corrected chi connectivity index (χ4v) is 6.12. The molecule has 2 aromatic carbocycles. The minimum Gasteiger partial charge on any atom is -0.497 e. The molecule has 0 bridgehead atoms. The molecule has 1 aliphatic carbocycles. The van der Waals surface area contributed by atoms with Gasteiger partial charge in [-0.1, -0.05) is 49.2 Å². The zero-order chi connectivity index (χ0) is 22.8. The molecule has 1 aliphatic heterocycles. The van der Waals surface area contributed by atoms with E-state index in [4.69, 9.17) is 4.74 Å². The van der Waals surface area contributed by atoms with Crippen molar-refractivity contribution in [2.24, 2.45) is 0 Å². The molecule has 2 aliphatic rings. The summed E-state index contributed by atoms with van der Waals surface area (Å²) in [6, 6.07) is 19.3. The predicted octanol–water partition coefficient (Wildman–Crippen LogP) is 5.30. The van der Waals surface area contributed by atoms with E-state index < -0.39 is 5.92 Å². The standard InChI is InChI=1S/C27H28N2O3S/c1-32-20-11-6-8-18(16-20)17-28-26(30)24-21-12-4-5-13-22(21)27(31)29(19-9-2-3-10-19)25(24)23-14-7-15-33-23/h4-8,11-16,19,24-25H,2-3,9-10,17H2,1H3,(H,28,30)/t24-,25-/m1/s1. The number of fused-ring (bicyclic) bond motifs is 1. The number of nitrogens with one attached hydrogen (secondary N) is 1. The third kappa shape index (κ3) is 4.15. The van der Waals surface area contributed by atoms with E-state index in [2.05, 4.69) is 11.4 Å². The zero-order valence-corrected chi connectivity index (χ0v) is 19.5. The highest BCUT2D eigenvalue weighted by Crippen LogP contribution is 2.47. The number of thiophene rings is 1. The maximum absolute atomic E-state index is 13.8. The van der Waals surface area contributed by atoms with Gasteiger partial charge in [0.05, 0.1) is 19.1 Å². The zero-order valence-electron chi connectivity index (χ0n) is 18.7. The molecule has 5 nitrogen and oxygen atoms in total. The van der Waals surface area contributed by atoms with Gasteiger partial charge in [0.25, 0.3) is 5.91 Å². The highest BCUT2D eigenvalue weighted by Gasteiger charge is 2.47. The maximum Gasteiger partial charge on any atom is 0.254 e. The van der Waals surface area contributed by atoms with Gasteiger partial charge in [-0.25, -0.2) is 0 Å². The first-order chi connectivity index (χ1) is 16.2. The van der Waals surface area contributed by atoms with Gasteiger partial charge in [0.15, 0.2) is 0 Å². The number of nitrogens with zero attached hydrogens (tertiary/aromatic N) is 1. The smallest absolute Gasteiger partial charge is 0.254 e. The van der Waals surface area contributed by atoms with Crippen molar-refractivity contribution in [3.05, 3.63) is 87.6 Å². The molecular formula is C27H28N2O3S. The molecule has 5 rings (SSSR count). The van der Waals surface area contributed by atoms with Crippen LogP contribution in [0, 0.1) is 0 Å². The summed E-state index contributed by atoms with van der Waals surface area (Å²) in [6.07, 6.45) is 4.24. The van der Waals surface area contributed by atoms with Crippen molar-refractivity contribution in [1.82, 2.24) is 10.2 Å². The highest BCUT2D eigenvalue weighted by atomic mass is 32.1. The van der Waals surface area contributed by atoms with Crippen LogP contribution in [0.25, 0.3) is 0 Å². The van der Waals surface area contributed by atoms with Crippen LogP contribution in [-0.4, -0.2) is 29.9 Å². The average Bonchev–Trinajstić information content (AvgIpc) is 3.57. The molecule has 0 saturated heterocycles. The van der Waals surface area contributed by atoms with Gasteiger partial charge in [-0.05, 0) is 53.6 Å². The number of methoxy groups -OCH3 is 1. The normalized spacial score (nSPS) is 20.5. The maximum atomic E-state index is 13.8. The van der Waals surface area contributed by atoms with Crippen molar-refractivity contribution >= 4 is 23.2 Å². The molecule has 2 amide bonds. The van der Waals surface area contributed by atoms with Crippen LogP contribution in [0.5, 0.6) is 5.75 Å². The van der Waals surface area contributed by atoms with Crippen molar-refractivity contribution in [1.29, 1.82) is 0 Å². The molecular weight excluding hydrogens is 432 g/mol. The first-order valence-corrected chi connectivity index (χ1v) is 12.4. The Balaban J connectivity index is 1.52. The van der Waals surface area contributed by atoms with Crippen molar-refractivity contribution < 1.29 is 14.3 Å². The number of rotatable bonds is 6. The monoisotopic (exact) mass is 460 g/mol. The largest absolute Gasteiger partial charge is 0.497 e. The number of ether oxygens (including phenoxy) is 1. The topological polar surface area (TPSA) is 58.6 Å². The minimum atomic E-state index is -0.455. The Bertz CT molecular complexity index is 1140. The van der Waals surface area contributed by atoms with E-state index >= 15 is 0 Å². The van der Waals surface area contributed by atoms with Gasteiger partial charge >= 0.3 is 0 Å². The Morgan fingerprint density at radius 3 is 2.67 bits per heavy atom. The Kier molecular flexibility index (Phi) is 6.18. The highest BCUT2D eigenvalue weighted by molar-refractivity contribution is 7.10. The second-order valence-electron chi connectivity index (χ2n) is 8.75. The van der Waals surface area contributed by atoms with E-state index in [0.717, 1.165) is 47.4 Å². The lowest BCUT2D eigenvalue weighted by molar-refractivity contribution is -0.124. The number of benzene rings is 2. The average molecular weight is 461 g/mol. The van der Waals surface area contributed by atoms with Gasteiger partial charge < -0.3 is 15.0 Å². The van der Waals surface area contributed by atoms with Crippen LogP contribution in [0.15, 0.2) is 66.0 Å². The third-order valence-corrected chi connectivity index (χ3v) is 7.76. The van der Waals surface area contributed by atoms with Crippen LogP contribution in [0.2, 0.25) is 0 Å². The molecule has 33 heavy (non-hydrogen) atoms. The number of carbonyl (C=O) groups excluding carboxylic acids is 2. The van der Waals surface area contributed by atoms with E-state index in [1.165, 1.54) is 0 Å². The van der Waals surface area contributed by atoms with E-state index in [1.807, 2.05) is 64.9 Å². The SMILES string of the molecule is COc1cccc(CNC(=O)[C@@H]2c3ccccc3C(=O)N(C3CCCC3)[C@@H]2c2cccs2)c1. The van der Waals surface area contributed by atoms with E-state index in [1.54, 1.807) is 18.4 Å². The number of hydrogen-bond acceptors (Lipinski definition) is 4. The second kappa shape index (κ2) is 9.40. The quantitative estimate of drug-likeness (QED) is 0.543. The van der Waals surface area contributed by atoms with E-state index in [9.17, 15) is 9.59 Å². The number of carbonyl (C=O) groups is 2. The van der Waals surface area contributed by atoms with Crippen molar-refractivity contribution in [3.8, 4) is 5.75 Å². The Hall–Kier alpha value is -3.12. The molecule has 0 unspecified atom stereocenters. The molecule has 2 atom stereocenters. The first kappa shape index (κ1) is 21.7. The lowest BCUT2D eigenvalue weighted by Gasteiger charge is -2.44. The summed E-state index contributed by atoms with van der Waals surface area (Å²) >= 11 is 1.62. The summed E-state index contributed by atoms with van der Waals surface area (Å²) in [6.45, 7) is 0.406. The number of amides is 2. The summed E-state index contributed by atoms with van der Waals surface area (Å²) in [4.78, 5) is 30.6. The van der Waals surface area contributed by atoms with Crippen LogP contribution in [0.4, 0.5) is 0 Å². The third-order valence-electron chi connectivity index (χ3n) is 6.81. The predicted molar refractivity (Wildman–Crippen MR) is 130 cm³/mol. The lowest BCUT2D eigenvalue weighted by Crippen LogP contribution is -2.50. The molecule has 1 N–H and O–H groups in total. The van der Waals surface area contributed by atoms with Gasteiger partial charge in [0.2, 0.25) is 5.91 Å². The molecule has 2 heterocycles. The molecule has 6 heteroatoms. The number of hydrogen-bond donors (Lipinski definition) is 1. The van der Waals surface area contributed by atoms with E-state index in [-0.39, 0.29) is 23.9 Å².